The van der Waals surface area contributed by atoms with E-state index in [1.54, 1.807) is 30.3 Å². The van der Waals surface area contributed by atoms with Crippen molar-refractivity contribution in [1.82, 2.24) is 0 Å². The van der Waals surface area contributed by atoms with Gasteiger partial charge in [0.15, 0.2) is 0 Å². The van der Waals surface area contributed by atoms with Crippen molar-refractivity contribution in [2.24, 2.45) is 0 Å². The Hall–Kier alpha value is -2.26. The SMILES string of the molecule is CCCCCCCCCCCCc1ccc(S(=O)(=O)[O-])c(S(=O)(=O)c2ccc(NC(C)C)cc2)c1.CCCCCCCCCCCCc1ccc(S(=O)(=O)[O-])cc1.[O]=[Ti+2]. The van der Waals surface area contributed by atoms with E-state index in [1.807, 2.05) is 13.8 Å². The predicted molar refractivity (Wildman–Crippen MR) is 231 cm³/mol. The van der Waals surface area contributed by atoms with Gasteiger partial charge in [-0.05, 0) is 99.2 Å². The van der Waals surface area contributed by atoms with E-state index in [0.717, 1.165) is 69.8 Å². The van der Waals surface area contributed by atoms with E-state index >= 15 is 0 Å². The molecule has 0 heterocycles. The Morgan fingerprint density at radius 1 is 0.475 bits per heavy atom. The maximum absolute atomic E-state index is 13.3. The van der Waals surface area contributed by atoms with Crippen molar-refractivity contribution < 1.29 is 58.1 Å². The van der Waals surface area contributed by atoms with Gasteiger partial charge < -0.3 is 14.4 Å². The molecule has 0 unspecified atom stereocenters. The molecule has 0 atom stereocenters. The van der Waals surface area contributed by atoms with Crippen molar-refractivity contribution in [2.75, 3.05) is 5.32 Å². The first kappa shape index (κ1) is 54.8. The van der Waals surface area contributed by atoms with E-state index in [1.165, 1.54) is 133 Å². The van der Waals surface area contributed by atoms with Gasteiger partial charge in [0, 0.05) is 11.7 Å². The fraction of sp³-hybridized carbons (Fsp3) is 0.600. The van der Waals surface area contributed by atoms with Gasteiger partial charge >= 0.3 is 23.7 Å². The van der Waals surface area contributed by atoms with Crippen LogP contribution in [0.15, 0.2) is 86.3 Å². The van der Waals surface area contributed by atoms with E-state index in [2.05, 4.69) is 19.2 Å². The summed E-state index contributed by atoms with van der Waals surface area (Å²) in [4.78, 5) is -1.33. The summed E-state index contributed by atoms with van der Waals surface area (Å²) in [5, 5.41) is 3.18. The van der Waals surface area contributed by atoms with Crippen LogP contribution in [0.2, 0.25) is 0 Å². The Kier molecular flexibility index (Phi) is 28.5. The Labute approximate surface area is 369 Å². The van der Waals surface area contributed by atoms with Crippen LogP contribution in [0.3, 0.4) is 0 Å². The fourth-order valence-electron chi connectivity index (χ4n) is 6.77. The van der Waals surface area contributed by atoms with Crippen LogP contribution in [0.1, 0.15) is 167 Å². The first-order chi connectivity index (χ1) is 28.1. The first-order valence-corrected chi connectivity index (χ1v) is 26.5. The van der Waals surface area contributed by atoms with Crippen LogP contribution in [0.5, 0.6) is 0 Å². The number of hydrogen-bond donors (Lipinski definition) is 1. The molecule has 10 nitrogen and oxygen atoms in total. The van der Waals surface area contributed by atoms with Crippen LogP contribution in [0.25, 0.3) is 0 Å². The molecular formula is C45H69NO9S3Ti. The molecule has 0 fully saturated rings. The molecule has 0 aliphatic carbocycles. The number of sulfone groups is 1. The molecule has 0 radical (unpaired) electrons. The molecule has 3 rings (SSSR count). The van der Waals surface area contributed by atoms with Crippen molar-refractivity contribution in [1.29, 1.82) is 0 Å². The molecule has 59 heavy (non-hydrogen) atoms. The number of nitrogens with one attached hydrogen (secondary N) is 1. The molecule has 0 spiro atoms. The summed E-state index contributed by atoms with van der Waals surface area (Å²) in [6, 6.07) is 16.7. The maximum atomic E-state index is 13.3. The summed E-state index contributed by atoms with van der Waals surface area (Å²) in [6.07, 6.45) is 26.6. The zero-order valence-electron chi connectivity index (χ0n) is 35.9. The third-order valence-electron chi connectivity index (χ3n) is 10.0. The number of unbranched alkanes of at least 4 members (excludes halogenated alkanes) is 18. The summed E-state index contributed by atoms with van der Waals surface area (Å²) >= 11 is 0.750. The molecule has 0 saturated heterocycles. The fourth-order valence-corrected chi connectivity index (χ4v) is 9.80. The second-order valence-electron chi connectivity index (χ2n) is 15.5. The zero-order valence-corrected chi connectivity index (χ0v) is 39.9. The van der Waals surface area contributed by atoms with E-state index < -0.39 is 39.9 Å². The molecule has 3 aromatic carbocycles. The van der Waals surface area contributed by atoms with Gasteiger partial charge in [-0.15, -0.1) is 0 Å². The number of benzene rings is 3. The van der Waals surface area contributed by atoms with Crippen molar-refractivity contribution in [3.8, 4) is 0 Å². The average molecular weight is 912 g/mol. The summed E-state index contributed by atoms with van der Waals surface area (Å²) < 4.78 is 103. The molecule has 330 valence electrons. The van der Waals surface area contributed by atoms with Gasteiger partial charge in [0.25, 0.3) is 0 Å². The first-order valence-electron chi connectivity index (χ1n) is 21.5. The van der Waals surface area contributed by atoms with E-state index in [0.29, 0.717) is 12.0 Å². The second kappa shape index (κ2) is 30.7. The molecule has 0 saturated carbocycles. The third kappa shape index (κ3) is 23.5. The summed E-state index contributed by atoms with van der Waals surface area (Å²) in [7, 11) is -13.4. The topological polar surface area (TPSA) is 178 Å². The monoisotopic (exact) mass is 911 g/mol. The molecule has 3 aromatic rings. The Bertz CT molecular complexity index is 1900. The average Bonchev–Trinajstić information content (AvgIpc) is 3.19. The molecule has 0 aliphatic heterocycles. The van der Waals surface area contributed by atoms with Crippen LogP contribution >= 0.6 is 0 Å². The number of aryl methyl sites for hydroxylation is 2. The van der Waals surface area contributed by atoms with Crippen molar-refractivity contribution in [3.05, 3.63) is 77.9 Å². The summed E-state index contributed by atoms with van der Waals surface area (Å²) in [5.41, 5.74) is 2.57. The molecule has 14 heteroatoms. The van der Waals surface area contributed by atoms with Gasteiger partial charge in [-0.1, -0.05) is 148 Å². The Morgan fingerprint density at radius 2 is 0.847 bits per heavy atom. The predicted octanol–water partition coefficient (Wildman–Crippen LogP) is 11.6. The van der Waals surface area contributed by atoms with Crippen molar-refractivity contribution in [2.45, 2.75) is 195 Å². The molecule has 0 aromatic heterocycles. The van der Waals surface area contributed by atoms with Crippen molar-refractivity contribution >= 4 is 35.8 Å². The van der Waals surface area contributed by atoms with Gasteiger partial charge in [-0.25, -0.2) is 25.3 Å². The Balaban J connectivity index is 0.000000623. The van der Waals surface area contributed by atoms with E-state index in [-0.39, 0.29) is 15.8 Å². The van der Waals surface area contributed by atoms with Gasteiger partial charge in [0.05, 0.1) is 19.6 Å². The standard InChI is InChI=1S/C27H41NO5S2.C18H30O3S.O.Ti/c1-4-5-6-7-8-9-10-11-12-13-14-23-15-20-26(35(31,32)33)27(21-23)34(29,30)25-18-16-24(17-19-25)28-22(2)3;1-2-3-4-5-6-7-8-9-10-11-12-17-13-15-18(16-14-17)22(19,20)21;;/h15-22,28H,4-14H2,1-3H3,(H,31,32,33);13-16H,2-12H2,1H3,(H,19,20,21);;/q;;;+2/p-2. The quantitative estimate of drug-likeness (QED) is 0.0419. The Morgan fingerprint density at radius 3 is 1.24 bits per heavy atom. The van der Waals surface area contributed by atoms with E-state index in [4.69, 9.17) is 3.32 Å². The molecule has 0 amide bonds. The van der Waals surface area contributed by atoms with Crippen LogP contribution in [-0.2, 0) is 66.6 Å². The van der Waals surface area contributed by atoms with Crippen LogP contribution in [0.4, 0.5) is 5.69 Å². The molecule has 0 bridgehead atoms. The van der Waals surface area contributed by atoms with Gasteiger partial charge in [0.1, 0.15) is 20.2 Å². The molecule has 1 N–H and O–H groups in total. The third-order valence-corrected chi connectivity index (χ3v) is 13.7. The summed E-state index contributed by atoms with van der Waals surface area (Å²) in [6.45, 7) is 8.40. The van der Waals surface area contributed by atoms with Gasteiger partial charge in [-0.3, -0.25) is 0 Å². The zero-order chi connectivity index (χ0) is 44.2. The van der Waals surface area contributed by atoms with Gasteiger partial charge in [-0.2, -0.15) is 0 Å². The van der Waals surface area contributed by atoms with Crippen LogP contribution in [-0.4, -0.2) is 40.4 Å². The minimum absolute atomic E-state index is 0.0483. The van der Waals surface area contributed by atoms with E-state index in [9.17, 15) is 34.4 Å². The minimum atomic E-state index is -4.95. The summed E-state index contributed by atoms with van der Waals surface area (Å²) in [5.74, 6) is 0. The molecule has 0 aliphatic rings. The van der Waals surface area contributed by atoms with Crippen LogP contribution < -0.4 is 5.32 Å². The normalized spacial score (nSPS) is 11.7. The second-order valence-corrected chi connectivity index (χ2v) is 20.2. The van der Waals surface area contributed by atoms with Crippen molar-refractivity contribution in [3.63, 3.8) is 0 Å². The molecular weight excluding hydrogens is 843 g/mol. The number of hydrogen-bond acceptors (Lipinski definition) is 10. The van der Waals surface area contributed by atoms with Crippen LogP contribution in [0, 0.1) is 0 Å². The number of rotatable bonds is 28. The van der Waals surface area contributed by atoms with Gasteiger partial charge in [0.2, 0.25) is 9.84 Å². The number of anilines is 1.